The predicted molar refractivity (Wildman–Crippen MR) is 137 cm³/mol. The molecule has 0 aliphatic rings. The number of nitrogens with zero attached hydrogens (tertiary/aromatic N) is 1. The summed E-state index contributed by atoms with van der Waals surface area (Å²) in [6, 6.07) is 17.6. The van der Waals surface area contributed by atoms with Gasteiger partial charge in [0.2, 0.25) is 5.88 Å². The molecule has 1 aromatic heterocycles. The Morgan fingerprint density at radius 2 is 1.53 bits per heavy atom. The number of aromatic nitrogens is 1. The largest absolute Gasteiger partial charge is 0.473 e. The van der Waals surface area contributed by atoms with Crippen LogP contribution in [-0.2, 0) is 17.6 Å². The Morgan fingerprint density at radius 3 is 2.12 bits per heavy atom. The summed E-state index contributed by atoms with van der Waals surface area (Å²) in [6.07, 6.45) is 0. The zero-order chi connectivity index (χ0) is 23.5. The molecule has 1 heterocycles. The van der Waals surface area contributed by atoms with Crippen molar-refractivity contribution in [3.63, 3.8) is 0 Å². The van der Waals surface area contributed by atoms with Crippen molar-refractivity contribution in [3.05, 3.63) is 81.3 Å². The van der Waals surface area contributed by atoms with E-state index in [2.05, 4.69) is 39.9 Å². The van der Waals surface area contributed by atoms with E-state index in [4.69, 9.17) is 37.3 Å². The molecule has 0 aliphatic heterocycles. The summed E-state index contributed by atoms with van der Waals surface area (Å²) in [7, 11) is -1.92. The molecule has 0 radical (unpaired) electrons. The minimum Gasteiger partial charge on any atom is -0.473 e. The van der Waals surface area contributed by atoms with E-state index in [0.29, 0.717) is 29.1 Å². The van der Waals surface area contributed by atoms with Gasteiger partial charge in [0.15, 0.2) is 8.32 Å². The zero-order valence-electron chi connectivity index (χ0n) is 19.6. The average molecular weight is 489 g/mol. The van der Waals surface area contributed by atoms with E-state index < -0.39 is 8.32 Å². The second-order valence-electron chi connectivity index (χ2n) is 9.58. The van der Waals surface area contributed by atoms with Crippen molar-refractivity contribution in [2.45, 2.75) is 59.0 Å². The van der Waals surface area contributed by atoms with Gasteiger partial charge in [-0.3, -0.25) is 0 Å². The topological polar surface area (TPSA) is 31.4 Å². The number of hydrogen-bond donors (Lipinski definition) is 0. The molecular formula is C26H31Cl2NO2Si. The first-order valence-electron chi connectivity index (χ1n) is 10.7. The molecular weight excluding hydrogens is 457 g/mol. The Balaban J connectivity index is 1.98. The van der Waals surface area contributed by atoms with Crippen molar-refractivity contribution in [1.82, 2.24) is 4.98 Å². The molecule has 170 valence electrons. The highest BCUT2D eigenvalue weighted by molar-refractivity contribution is 6.74. The van der Waals surface area contributed by atoms with Crippen molar-refractivity contribution in [1.29, 1.82) is 0 Å². The van der Waals surface area contributed by atoms with Gasteiger partial charge < -0.3 is 9.16 Å². The first-order chi connectivity index (χ1) is 15.0. The Kier molecular flexibility index (Phi) is 7.71. The molecule has 0 unspecified atom stereocenters. The van der Waals surface area contributed by atoms with E-state index in [1.807, 2.05) is 49.4 Å². The number of hydrogen-bond acceptors (Lipinski definition) is 3. The molecule has 0 amide bonds. The third-order valence-corrected chi connectivity index (χ3v) is 11.0. The Hall–Kier alpha value is -1.85. The van der Waals surface area contributed by atoms with Gasteiger partial charge in [-0.05, 0) is 60.4 Å². The summed E-state index contributed by atoms with van der Waals surface area (Å²) in [5.74, 6) is 0.594. The van der Waals surface area contributed by atoms with Gasteiger partial charge in [0.05, 0.1) is 12.3 Å². The van der Waals surface area contributed by atoms with E-state index in [9.17, 15) is 0 Å². The number of halogens is 2. The van der Waals surface area contributed by atoms with E-state index in [0.717, 1.165) is 27.9 Å². The van der Waals surface area contributed by atoms with Gasteiger partial charge in [-0.25, -0.2) is 4.98 Å². The third-order valence-electron chi connectivity index (χ3n) is 6.11. The van der Waals surface area contributed by atoms with Crippen LogP contribution >= 0.6 is 23.2 Å². The highest BCUT2D eigenvalue weighted by Gasteiger charge is 2.37. The number of rotatable bonds is 7. The fraction of sp³-hybridized carbons (Fsp3) is 0.346. The average Bonchev–Trinajstić information content (AvgIpc) is 2.71. The van der Waals surface area contributed by atoms with Crippen LogP contribution in [0.5, 0.6) is 5.88 Å². The van der Waals surface area contributed by atoms with Crippen LogP contribution in [0.4, 0.5) is 0 Å². The van der Waals surface area contributed by atoms with Gasteiger partial charge in [-0.2, -0.15) is 0 Å². The van der Waals surface area contributed by atoms with E-state index >= 15 is 0 Å². The number of ether oxygens (including phenoxy) is 1. The summed E-state index contributed by atoms with van der Waals surface area (Å²) in [4.78, 5) is 4.81. The molecule has 3 aromatic rings. The molecule has 0 saturated carbocycles. The quantitative estimate of drug-likeness (QED) is 0.313. The molecule has 0 saturated heterocycles. The molecule has 32 heavy (non-hydrogen) atoms. The fourth-order valence-electron chi connectivity index (χ4n) is 2.98. The highest BCUT2D eigenvalue weighted by atomic mass is 35.5. The van der Waals surface area contributed by atoms with E-state index in [1.165, 1.54) is 0 Å². The minimum absolute atomic E-state index is 0.129. The molecule has 0 bridgehead atoms. The summed E-state index contributed by atoms with van der Waals surface area (Å²) in [5, 5.41) is 1.27. The van der Waals surface area contributed by atoms with Crippen LogP contribution < -0.4 is 4.74 Å². The molecule has 3 nitrogen and oxygen atoms in total. The zero-order valence-corrected chi connectivity index (χ0v) is 22.1. The van der Waals surface area contributed by atoms with Gasteiger partial charge in [0.1, 0.15) is 6.61 Å². The summed E-state index contributed by atoms with van der Waals surface area (Å²) in [5.41, 5.74) is 4.73. The van der Waals surface area contributed by atoms with Crippen LogP contribution in [0.3, 0.4) is 0 Å². The maximum atomic E-state index is 6.52. The van der Waals surface area contributed by atoms with E-state index in [-0.39, 0.29) is 5.04 Å². The lowest BCUT2D eigenvalue weighted by Crippen LogP contribution is -2.40. The van der Waals surface area contributed by atoms with Crippen LogP contribution in [0.1, 0.15) is 37.5 Å². The van der Waals surface area contributed by atoms with Gasteiger partial charge in [-0.15, -0.1) is 0 Å². The minimum atomic E-state index is -1.92. The Labute approximate surface area is 202 Å². The molecule has 2 aromatic carbocycles. The summed E-state index contributed by atoms with van der Waals surface area (Å²) < 4.78 is 12.7. The molecule has 3 rings (SSSR count). The highest BCUT2D eigenvalue weighted by Crippen LogP contribution is 2.38. The van der Waals surface area contributed by atoms with E-state index in [1.54, 1.807) is 6.07 Å². The van der Waals surface area contributed by atoms with Crippen molar-refractivity contribution in [2.24, 2.45) is 0 Å². The molecule has 0 N–H and O–H groups in total. The second-order valence-corrected chi connectivity index (χ2v) is 15.3. The van der Waals surface area contributed by atoms with Crippen molar-refractivity contribution in [2.75, 3.05) is 0 Å². The smallest absolute Gasteiger partial charge is 0.217 e. The molecule has 0 fully saturated rings. The maximum absolute atomic E-state index is 6.52. The van der Waals surface area contributed by atoms with Crippen LogP contribution in [0.15, 0.2) is 54.6 Å². The van der Waals surface area contributed by atoms with Gasteiger partial charge in [0, 0.05) is 21.2 Å². The normalized spacial score (nSPS) is 12.1. The lowest BCUT2D eigenvalue weighted by molar-refractivity contribution is 0.269. The predicted octanol–water partition coefficient (Wildman–Crippen LogP) is 8.46. The standard InChI is InChI=1S/C26H31Cl2NO2Si/c1-18-21(17-31-32(5,6)26(2,3)4)14-24(20-12-22(27)15-23(28)13-20)29-25(18)30-16-19-10-8-7-9-11-19/h7-15H,16-17H2,1-6H3. The summed E-state index contributed by atoms with van der Waals surface area (Å²) in [6.45, 7) is 14.2. The number of benzene rings is 2. The second kappa shape index (κ2) is 9.96. The first-order valence-corrected chi connectivity index (χ1v) is 14.4. The van der Waals surface area contributed by atoms with Gasteiger partial charge >= 0.3 is 0 Å². The van der Waals surface area contributed by atoms with Crippen LogP contribution in [0.25, 0.3) is 11.3 Å². The van der Waals surface area contributed by atoms with Crippen molar-refractivity contribution in [3.8, 4) is 17.1 Å². The lowest BCUT2D eigenvalue weighted by Gasteiger charge is -2.36. The fourth-order valence-corrected chi connectivity index (χ4v) is 4.45. The van der Waals surface area contributed by atoms with Crippen LogP contribution in [-0.4, -0.2) is 13.3 Å². The molecule has 0 atom stereocenters. The SMILES string of the molecule is Cc1c(CO[Si](C)(C)C(C)(C)C)cc(-c2cc(Cl)cc(Cl)c2)nc1OCc1ccccc1. The molecule has 0 aliphatic carbocycles. The lowest BCUT2D eigenvalue weighted by atomic mass is 10.1. The van der Waals surface area contributed by atoms with Crippen molar-refractivity contribution >= 4 is 31.5 Å². The van der Waals surface area contributed by atoms with Crippen LogP contribution in [0.2, 0.25) is 28.2 Å². The first kappa shape index (κ1) is 24.8. The third kappa shape index (κ3) is 6.14. The Bertz CT molecular complexity index is 1060. The van der Waals surface area contributed by atoms with Gasteiger partial charge in [0.25, 0.3) is 0 Å². The maximum Gasteiger partial charge on any atom is 0.217 e. The van der Waals surface area contributed by atoms with Crippen LogP contribution in [0, 0.1) is 6.92 Å². The molecule has 6 heteroatoms. The van der Waals surface area contributed by atoms with Crippen molar-refractivity contribution < 1.29 is 9.16 Å². The summed E-state index contributed by atoms with van der Waals surface area (Å²) >= 11 is 12.5. The monoisotopic (exact) mass is 487 g/mol. The Morgan fingerprint density at radius 1 is 0.906 bits per heavy atom. The molecule has 0 spiro atoms. The van der Waals surface area contributed by atoms with Gasteiger partial charge in [-0.1, -0.05) is 74.3 Å². The number of pyridine rings is 1.